The van der Waals surface area contributed by atoms with Crippen LogP contribution >= 0.6 is 0 Å². The smallest absolute Gasteiger partial charge is 0.311 e. The van der Waals surface area contributed by atoms with Gasteiger partial charge in [0.15, 0.2) is 11.6 Å². The Labute approximate surface area is 107 Å². The standard InChI is InChI=1S/C14H19FO3/c1-5-18-12-7-6-10(8-11(12)15)9-14(2,3)13(16)17-4/h6-8H,5,9H2,1-4H3. The summed E-state index contributed by atoms with van der Waals surface area (Å²) >= 11 is 0. The first-order valence-corrected chi connectivity index (χ1v) is 5.90. The molecule has 0 fully saturated rings. The zero-order valence-corrected chi connectivity index (χ0v) is 11.2. The van der Waals surface area contributed by atoms with Crippen molar-refractivity contribution in [3.05, 3.63) is 29.6 Å². The fourth-order valence-corrected chi connectivity index (χ4v) is 1.79. The van der Waals surface area contributed by atoms with Crippen LogP contribution in [0.2, 0.25) is 0 Å². The van der Waals surface area contributed by atoms with E-state index in [1.807, 2.05) is 0 Å². The van der Waals surface area contributed by atoms with Crippen LogP contribution in [0.5, 0.6) is 5.75 Å². The number of hydrogen-bond donors (Lipinski definition) is 0. The molecule has 0 bridgehead atoms. The third-order valence-corrected chi connectivity index (χ3v) is 2.68. The van der Waals surface area contributed by atoms with Crippen molar-refractivity contribution in [3.63, 3.8) is 0 Å². The quantitative estimate of drug-likeness (QED) is 0.758. The molecule has 0 unspecified atom stereocenters. The van der Waals surface area contributed by atoms with Gasteiger partial charge in [-0.1, -0.05) is 6.07 Å². The van der Waals surface area contributed by atoms with Gasteiger partial charge in [0.05, 0.1) is 19.1 Å². The Morgan fingerprint density at radius 1 is 1.39 bits per heavy atom. The normalized spacial score (nSPS) is 11.2. The molecular formula is C14H19FO3. The van der Waals surface area contributed by atoms with Gasteiger partial charge in [-0.15, -0.1) is 0 Å². The van der Waals surface area contributed by atoms with Gasteiger partial charge < -0.3 is 9.47 Å². The number of ether oxygens (including phenoxy) is 2. The molecule has 0 radical (unpaired) electrons. The van der Waals surface area contributed by atoms with E-state index in [0.29, 0.717) is 13.0 Å². The van der Waals surface area contributed by atoms with Crippen molar-refractivity contribution in [1.82, 2.24) is 0 Å². The minimum atomic E-state index is -0.672. The van der Waals surface area contributed by atoms with Gasteiger partial charge in [-0.25, -0.2) is 4.39 Å². The van der Waals surface area contributed by atoms with Crippen LogP contribution in [0.25, 0.3) is 0 Å². The van der Waals surface area contributed by atoms with Crippen molar-refractivity contribution in [2.75, 3.05) is 13.7 Å². The number of hydrogen-bond acceptors (Lipinski definition) is 3. The summed E-state index contributed by atoms with van der Waals surface area (Å²) in [6, 6.07) is 4.75. The van der Waals surface area contributed by atoms with Crippen LogP contribution in [0, 0.1) is 11.2 Å². The molecule has 1 rings (SSSR count). The van der Waals surface area contributed by atoms with Crippen LogP contribution in [0.15, 0.2) is 18.2 Å². The van der Waals surface area contributed by atoms with Gasteiger partial charge in [-0.05, 0) is 44.9 Å². The van der Waals surface area contributed by atoms with E-state index >= 15 is 0 Å². The van der Waals surface area contributed by atoms with E-state index < -0.39 is 11.2 Å². The molecule has 0 N–H and O–H groups in total. The second kappa shape index (κ2) is 5.85. The number of esters is 1. The fraction of sp³-hybridized carbons (Fsp3) is 0.500. The second-order valence-electron chi connectivity index (χ2n) is 4.75. The van der Waals surface area contributed by atoms with Crippen molar-refractivity contribution in [3.8, 4) is 5.75 Å². The Hall–Kier alpha value is -1.58. The SMILES string of the molecule is CCOc1ccc(CC(C)(C)C(=O)OC)cc1F. The molecule has 0 aliphatic rings. The van der Waals surface area contributed by atoms with Crippen molar-refractivity contribution in [1.29, 1.82) is 0 Å². The Balaban J connectivity index is 2.86. The molecule has 0 atom stereocenters. The Morgan fingerprint density at radius 3 is 2.56 bits per heavy atom. The summed E-state index contributed by atoms with van der Waals surface area (Å²) in [5.74, 6) is -0.482. The van der Waals surface area contributed by atoms with E-state index in [4.69, 9.17) is 9.47 Å². The molecule has 0 aliphatic heterocycles. The second-order valence-corrected chi connectivity index (χ2v) is 4.75. The number of benzene rings is 1. The molecule has 1 aromatic rings. The maximum Gasteiger partial charge on any atom is 0.311 e. The van der Waals surface area contributed by atoms with E-state index in [2.05, 4.69) is 0 Å². The number of carbonyl (C=O) groups excluding carboxylic acids is 1. The minimum absolute atomic E-state index is 0.233. The van der Waals surface area contributed by atoms with Gasteiger partial charge in [-0.3, -0.25) is 4.79 Å². The molecule has 0 saturated heterocycles. The molecule has 0 heterocycles. The number of halogens is 1. The van der Waals surface area contributed by atoms with Gasteiger partial charge >= 0.3 is 5.97 Å². The number of carbonyl (C=O) groups is 1. The molecule has 0 spiro atoms. The predicted molar refractivity (Wildman–Crippen MR) is 67.1 cm³/mol. The van der Waals surface area contributed by atoms with Crippen molar-refractivity contribution in [2.45, 2.75) is 27.2 Å². The summed E-state index contributed by atoms with van der Waals surface area (Å²) in [6.45, 7) is 5.76. The summed E-state index contributed by atoms with van der Waals surface area (Å²) in [7, 11) is 1.35. The van der Waals surface area contributed by atoms with E-state index in [1.165, 1.54) is 13.2 Å². The van der Waals surface area contributed by atoms with Gasteiger partial charge in [0, 0.05) is 0 Å². The first-order valence-electron chi connectivity index (χ1n) is 5.90. The van der Waals surface area contributed by atoms with Crippen LogP contribution in [0.4, 0.5) is 4.39 Å². The maximum absolute atomic E-state index is 13.7. The molecule has 0 saturated carbocycles. The highest BCUT2D eigenvalue weighted by Crippen LogP contribution is 2.26. The molecule has 0 aliphatic carbocycles. The molecule has 100 valence electrons. The number of methoxy groups -OCH3 is 1. The topological polar surface area (TPSA) is 35.5 Å². The van der Waals surface area contributed by atoms with Gasteiger partial charge in [0.25, 0.3) is 0 Å². The summed E-state index contributed by atoms with van der Waals surface area (Å²) < 4.78 is 23.5. The van der Waals surface area contributed by atoms with Gasteiger partial charge in [0.1, 0.15) is 0 Å². The van der Waals surface area contributed by atoms with E-state index in [9.17, 15) is 9.18 Å². The van der Waals surface area contributed by atoms with E-state index in [-0.39, 0.29) is 11.7 Å². The monoisotopic (exact) mass is 254 g/mol. The highest BCUT2D eigenvalue weighted by Gasteiger charge is 2.29. The molecule has 0 aromatic heterocycles. The molecule has 3 nitrogen and oxygen atoms in total. The molecule has 1 aromatic carbocycles. The molecule has 4 heteroatoms. The van der Waals surface area contributed by atoms with Gasteiger partial charge in [0.2, 0.25) is 0 Å². The lowest BCUT2D eigenvalue weighted by atomic mass is 9.86. The van der Waals surface area contributed by atoms with Crippen LogP contribution in [0.1, 0.15) is 26.3 Å². The average molecular weight is 254 g/mol. The Kier molecular flexibility index (Phi) is 4.70. The third-order valence-electron chi connectivity index (χ3n) is 2.68. The first-order chi connectivity index (χ1) is 8.40. The van der Waals surface area contributed by atoms with Crippen molar-refractivity contribution >= 4 is 5.97 Å². The summed E-state index contributed by atoms with van der Waals surface area (Å²) in [5, 5.41) is 0. The summed E-state index contributed by atoms with van der Waals surface area (Å²) in [5.41, 5.74) is 0.0697. The lowest BCUT2D eigenvalue weighted by Crippen LogP contribution is -2.28. The van der Waals surface area contributed by atoms with Crippen molar-refractivity contribution in [2.24, 2.45) is 5.41 Å². The Bertz CT molecular complexity index is 427. The average Bonchev–Trinajstić information content (AvgIpc) is 2.31. The van der Waals surface area contributed by atoms with Crippen LogP contribution < -0.4 is 4.74 Å². The largest absolute Gasteiger partial charge is 0.491 e. The van der Waals surface area contributed by atoms with Crippen LogP contribution in [-0.2, 0) is 16.0 Å². The summed E-state index contributed by atoms with van der Waals surface area (Å²) in [6.07, 6.45) is 0.420. The highest BCUT2D eigenvalue weighted by atomic mass is 19.1. The lowest BCUT2D eigenvalue weighted by molar-refractivity contribution is -0.150. The fourth-order valence-electron chi connectivity index (χ4n) is 1.79. The maximum atomic E-state index is 13.7. The Morgan fingerprint density at radius 2 is 2.06 bits per heavy atom. The molecular weight excluding hydrogens is 235 g/mol. The lowest BCUT2D eigenvalue weighted by Gasteiger charge is -2.21. The van der Waals surface area contributed by atoms with Crippen LogP contribution in [0.3, 0.4) is 0 Å². The van der Waals surface area contributed by atoms with Crippen LogP contribution in [-0.4, -0.2) is 19.7 Å². The third kappa shape index (κ3) is 3.45. The molecule has 0 amide bonds. The van der Waals surface area contributed by atoms with E-state index in [0.717, 1.165) is 5.56 Å². The summed E-state index contributed by atoms with van der Waals surface area (Å²) in [4.78, 5) is 11.6. The van der Waals surface area contributed by atoms with E-state index in [1.54, 1.807) is 32.9 Å². The zero-order chi connectivity index (χ0) is 13.8. The minimum Gasteiger partial charge on any atom is -0.491 e. The molecule has 18 heavy (non-hydrogen) atoms. The van der Waals surface area contributed by atoms with Crippen molar-refractivity contribution < 1.29 is 18.7 Å². The predicted octanol–water partition coefficient (Wildman–Crippen LogP) is 2.97. The number of rotatable bonds is 5. The van der Waals surface area contributed by atoms with Gasteiger partial charge in [-0.2, -0.15) is 0 Å². The zero-order valence-electron chi connectivity index (χ0n) is 11.2. The first kappa shape index (κ1) is 14.5. The highest BCUT2D eigenvalue weighted by molar-refractivity contribution is 5.76.